The highest BCUT2D eigenvalue weighted by Crippen LogP contribution is 2.17. The van der Waals surface area contributed by atoms with Crippen LogP contribution in [0.1, 0.15) is 0 Å². The minimum Gasteiger partial charge on any atom is -0.435 e. The van der Waals surface area contributed by atoms with Crippen molar-refractivity contribution in [1.82, 2.24) is 9.55 Å². The molecule has 0 aliphatic rings. The first-order valence-corrected chi connectivity index (χ1v) is 6.08. The lowest BCUT2D eigenvalue weighted by atomic mass is 10.3. The lowest BCUT2D eigenvalue weighted by Crippen LogP contribution is -2.32. The topological polar surface area (TPSA) is 93.2 Å². The number of hydrogen-bond donors (Lipinski definition) is 2. The van der Waals surface area contributed by atoms with E-state index in [9.17, 15) is 23.2 Å². The molecule has 0 aliphatic heterocycles. The van der Waals surface area contributed by atoms with Gasteiger partial charge < -0.3 is 10.1 Å². The molecule has 0 atom stereocenters. The number of hydrogen-bond acceptors (Lipinski definition) is 4. The summed E-state index contributed by atoms with van der Waals surface area (Å²) in [5.41, 5.74) is -0.913. The van der Waals surface area contributed by atoms with Crippen molar-refractivity contribution in [3.8, 4) is 5.75 Å². The highest BCUT2D eigenvalue weighted by atomic mass is 19.3. The van der Waals surface area contributed by atoms with Crippen LogP contribution in [-0.2, 0) is 11.3 Å². The Kier molecular flexibility index (Phi) is 4.66. The van der Waals surface area contributed by atoms with Gasteiger partial charge >= 0.3 is 12.3 Å². The second-order valence-corrected chi connectivity index (χ2v) is 4.19. The van der Waals surface area contributed by atoms with Crippen molar-refractivity contribution in [1.29, 1.82) is 0 Å². The Bertz CT molecular complexity index is 768. The Labute approximate surface area is 122 Å². The largest absolute Gasteiger partial charge is 0.435 e. The molecule has 2 aromatic rings. The SMILES string of the molecule is O=C(Cn1ccc(=O)[nH]c1=O)Nc1ccc(OC(F)F)cc1. The first-order chi connectivity index (χ1) is 10.4. The maximum Gasteiger partial charge on any atom is 0.387 e. The molecule has 0 unspecified atom stereocenters. The summed E-state index contributed by atoms with van der Waals surface area (Å²) in [5.74, 6) is -0.554. The van der Waals surface area contributed by atoms with Crippen LogP contribution >= 0.6 is 0 Å². The van der Waals surface area contributed by atoms with E-state index < -0.39 is 23.8 Å². The number of aromatic amines is 1. The maximum absolute atomic E-state index is 12.0. The Hall–Kier alpha value is -2.97. The number of nitrogens with one attached hydrogen (secondary N) is 2. The number of nitrogens with zero attached hydrogens (tertiary/aromatic N) is 1. The summed E-state index contributed by atoms with van der Waals surface area (Å²) in [6.45, 7) is -3.22. The number of amides is 1. The summed E-state index contributed by atoms with van der Waals surface area (Å²) in [7, 11) is 0. The van der Waals surface area contributed by atoms with Gasteiger partial charge in [0.25, 0.3) is 5.56 Å². The van der Waals surface area contributed by atoms with Crippen LogP contribution in [0, 0.1) is 0 Å². The van der Waals surface area contributed by atoms with Crippen molar-refractivity contribution in [2.75, 3.05) is 5.32 Å². The van der Waals surface area contributed by atoms with Gasteiger partial charge in [0.15, 0.2) is 0 Å². The third-order valence-corrected chi connectivity index (χ3v) is 2.57. The van der Waals surface area contributed by atoms with Crippen molar-refractivity contribution in [2.45, 2.75) is 13.2 Å². The number of H-pyrrole nitrogens is 1. The molecule has 2 N–H and O–H groups in total. The van der Waals surface area contributed by atoms with Gasteiger partial charge in [-0.3, -0.25) is 19.1 Å². The van der Waals surface area contributed by atoms with E-state index in [-0.39, 0.29) is 12.3 Å². The monoisotopic (exact) mass is 311 g/mol. The number of anilines is 1. The molecule has 1 heterocycles. The van der Waals surface area contributed by atoms with Crippen LogP contribution in [0.2, 0.25) is 0 Å². The van der Waals surface area contributed by atoms with Crippen LogP contribution in [0.5, 0.6) is 5.75 Å². The highest BCUT2D eigenvalue weighted by Gasteiger charge is 2.07. The predicted octanol–water partition coefficient (Wildman–Crippen LogP) is 0.777. The molecular weight excluding hydrogens is 300 g/mol. The zero-order chi connectivity index (χ0) is 16.1. The second-order valence-electron chi connectivity index (χ2n) is 4.19. The van der Waals surface area contributed by atoms with Gasteiger partial charge in [-0.2, -0.15) is 8.78 Å². The molecule has 0 bridgehead atoms. The molecule has 0 saturated carbocycles. The minimum absolute atomic E-state index is 0.0372. The van der Waals surface area contributed by atoms with Gasteiger partial charge in [-0.1, -0.05) is 0 Å². The van der Waals surface area contributed by atoms with Gasteiger partial charge in [0.2, 0.25) is 5.91 Å². The van der Waals surface area contributed by atoms with Crippen LogP contribution in [0.15, 0.2) is 46.1 Å². The molecule has 116 valence electrons. The summed E-state index contributed by atoms with van der Waals surface area (Å²) in [5, 5.41) is 2.48. The molecule has 0 spiro atoms. The fourth-order valence-electron chi connectivity index (χ4n) is 1.64. The van der Waals surface area contributed by atoms with Gasteiger partial charge in [-0.05, 0) is 24.3 Å². The summed E-state index contributed by atoms with van der Waals surface area (Å²) in [6, 6.07) is 6.42. The molecule has 1 amide bonds. The van der Waals surface area contributed by atoms with E-state index in [1.165, 1.54) is 30.5 Å². The van der Waals surface area contributed by atoms with Crippen molar-refractivity contribution in [3.05, 3.63) is 57.4 Å². The van der Waals surface area contributed by atoms with Crippen LogP contribution in [0.4, 0.5) is 14.5 Å². The van der Waals surface area contributed by atoms with E-state index in [1.807, 2.05) is 4.98 Å². The van der Waals surface area contributed by atoms with Crippen molar-refractivity contribution in [3.63, 3.8) is 0 Å². The molecule has 0 aliphatic carbocycles. The van der Waals surface area contributed by atoms with Crippen molar-refractivity contribution < 1.29 is 18.3 Å². The molecule has 7 nitrogen and oxygen atoms in total. The van der Waals surface area contributed by atoms with Crippen LogP contribution in [-0.4, -0.2) is 22.1 Å². The van der Waals surface area contributed by atoms with E-state index in [4.69, 9.17) is 0 Å². The number of halogens is 2. The zero-order valence-corrected chi connectivity index (χ0v) is 11.1. The molecule has 0 saturated heterocycles. The summed E-state index contributed by atoms with van der Waals surface area (Å²) < 4.78 is 29.2. The highest BCUT2D eigenvalue weighted by molar-refractivity contribution is 5.90. The molecule has 9 heteroatoms. The fourth-order valence-corrected chi connectivity index (χ4v) is 1.64. The number of carbonyl (C=O) groups excluding carboxylic acids is 1. The average Bonchev–Trinajstić information content (AvgIpc) is 2.43. The van der Waals surface area contributed by atoms with Gasteiger partial charge in [-0.25, -0.2) is 4.79 Å². The normalized spacial score (nSPS) is 10.5. The van der Waals surface area contributed by atoms with E-state index in [0.717, 1.165) is 10.6 Å². The van der Waals surface area contributed by atoms with E-state index in [2.05, 4.69) is 10.1 Å². The number of aromatic nitrogens is 2. The summed E-state index contributed by atoms with van der Waals surface area (Å²) in [6.07, 6.45) is 1.19. The molecule has 2 rings (SSSR count). The molecule has 1 aromatic carbocycles. The predicted molar refractivity (Wildman–Crippen MR) is 73.0 cm³/mol. The number of alkyl halides is 2. The Balaban J connectivity index is 1.99. The summed E-state index contributed by atoms with van der Waals surface area (Å²) >= 11 is 0. The van der Waals surface area contributed by atoms with Gasteiger partial charge in [-0.15, -0.1) is 0 Å². The Morgan fingerprint density at radius 3 is 2.50 bits per heavy atom. The minimum atomic E-state index is -2.92. The van der Waals surface area contributed by atoms with Crippen LogP contribution < -0.4 is 21.3 Å². The third-order valence-electron chi connectivity index (χ3n) is 2.57. The Morgan fingerprint density at radius 1 is 1.23 bits per heavy atom. The fraction of sp³-hybridized carbons (Fsp3) is 0.154. The smallest absolute Gasteiger partial charge is 0.387 e. The number of benzene rings is 1. The molecular formula is C13H11F2N3O4. The van der Waals surface area contributed by atoms with E-state index in [1.54, 1.807) is 0 Å². The average molecular weight is 311 g/mol. The van der Waals surface area contributed by atoms with Crippen molar-refractivity contribution >= 4 is 11.6 Å². The zero-order valence-electron chi connectivity index (χ0n) is 11.1. The van der Waals surface area contributed by atoms with Gasteiger partial charge in [0.1, 0.15) is 12.3 Å². The lowest BCUT2D eigenvalue weighted by Gasteiger charge is -2.08. The van der Waals surface area contributed by atoms with Gasteiger partial charge in [0.05, 0.1) is 0 Å². The molecule has 0 fully saturated rings. The first-order valence-electron chi connectivity index (χ1n) is 6.08. The standard InChI is InChI=1S/C13H11F2N3O4/c14-12(15)22-9-3-1-8(2-4-9)16-11(20)7-18-6-5-10(19)17-13(18)21/h1-6,12H,7H2,(H,16,20)(H,17,19,21). The van der Waals surface area contributed by atoms with E-state index in [0.29, 0.717) is 5.69 Å². The maximum atomic E-state index is 12.0. The first kappa shape index (κ1) is 15.4. The quantitative estimate of drug-likeness (QED) is 0.853. The molecule has 22 heavy (non-hydrogen) atoms. The second kappa shape index (κ2) is 6.66. The third kappa shape index (κ3) is 4.27. The van der Waals surface area contributed by atoms with Crippen LogP contribution in [0.25, 0.3) is 0 Å². The van der Waals surface area contributed by atoms with Crippen molar-refractivity contribution in [2.24, 2.45) is 0 Å². The van der Waals surface area contributed by atoms with E-state index >= 15 is 0 Å². The Morgan fingerprint density at radius 2 is 1.91 bits per heavy atom. The van der Waals surface area contributed by atoms with Crippen LogP contribution in [0.3, 0.4) is 0 Å². The molecule has 1 aromatic heterocycles. The number of carbonyl (C=O) groups is 1. The molecule has 0 radical (unpaired) electrons. The number of ether oxygens (including phenoxy) is 1. The van der Waals surface area contributed by atoms with Gasteiger partial charge in [0, 0.05) is 18.0 Å². The number of rotatable bonds is 5. The summed E-state index contributed by atoms with van der Waals surface area (Å²) in [4.78, 5) is 36.1. The lowest BCUT2D eigenvalue weighted by molar-refractivity contribution is -0.116.